The summed E-state index contributed by atoms with van der Waals surface area (Å²) in [5.74, 6) is 0.199. The molecule has 4 heteroatoms. The minimum absolute atomic E-state index is 0.0134. The van der Waals surface area contributed by atoms with Crippen molar-refractivity contribution in [1.82, 2.24) is 0 Å². The third kappa shape index (κ3) is 4.56. The Morgan fingerprint density at radius 1 is 1.26 bits per heavy atom. The molecule has 0 spiro atoms. The van der Waals surface area contributed by atoms with Crippen LogP contribution >= 0.6 is 0 Å². The minimum atomic E-state index is -0.348. The maximum atomic E-state index is 11.9. The minimum Gasteiger partial charge on any atom is -0.490 e. The third-order valence-corrected chi connectivity index (χ3v) is 2.64. The predicted octanol–water partition coefficient (Wildman–Crippen LogP) is 2.98. The Labute approximate surface area is 114 Å². The molecule has 4 nitrogen and oxygen atoms in total. The largest absolute Gasteiger partial charge is 0.490 e. The molecule has 1 unspecified atom stereocenters. The van der Waals surface area contributed by atoms with E-state index in [2.05, 4.69) is 0 Å². The lowest BCUT2D eigenvalue weighted by Crippen LogP contribution is -2.19. The molecule has 0 aliphatic heterocycles. The van der Waals surface area contributed by atoms with E-state index >= 15 is 0 Å². The monoisotopic (exact) mass is 266 g/mol. The van der Waals surface area contributed by atoms with Gasteiger partial charge in [0.25, 0.3) is 0 Å². The smallest absolute Gasteiger partial charge is 0.342 e. The number of carbonyl (C=O) groups excluding carboxylic acids is 1. The first kappa shape index (κ1) is 15.5. The molecule has 0 saturated carbocycles. The average molecular weight is 266 g/mol. The van der Waals surface area contributed by atoms with Crippen molar-refractivity contribution in [3.05, 3.63) is 29.3 Å². The second-order valence-corrected chi connectivity index (χ2v) is 4.25. The van der Waals surface area contributed by atoms with Gasteiger partial charge in [0.2, 0.25) is 0 Å². The van der Waals surface area contributed by atoms with Crippen LogP contribution in [0.4, 0.5) is 0 Å². The lowest BCUT2D eigenvalue weighted by molar-refractivity contribution is 0.0380. The van der Waals surface area contributed by atoms with Crippen LogP contribution in [0.3, 0.4) is 0 Å². The number of esters is 1. The standard InChI is InChI=1S/C15H22O4/c1-5-17-12(4)10-19-13-9-7-8-11(3)14(13)15(16)18-6-2/h7-9,12H,5-6,10H2,1-4H3. The van der Waals surface area contributed by atoms with Gasteiger partial charge in [-0.2, -0.15) is 0 Å². The van der Waals surface area contributed by atoms with E-state index in [0.717, 1.165) is 5.56 Å². The second kappa shape index (κ2) is 7.79. The van der Waals surface area contributed by atoms with Gasteiger partial charge in [-0.15, -0.1) is 0 Å². The van der Waals surface area contributed by atoms with Crippen LogP contribution in [0.2, 0.25) is 0 Å². The molecule has 1 atom stereocenters. The maximum absolute atomic E-state index is 11.9. The molecular weight excluding hydrogens is 244 g/mol. The molecule has 0 aliphatic rings. The van der Waals surface area contributed by atoms with Crippen molar-refractivity contribution in [3.8, 4) is 5.75 Å². The van der Waals surface area contributed by atoms with Gasteiger partial charge < -0.3 is 14.2 Å². The summed E-state index contributed by atoms with van der Waals surface area (Å²) in [6.07, 6.45) is -0.0134. The highest BCUT2D eigenvalue weighted by Gasteiger charge is 2.17. The molecule has 0 saturated heterocycles. The molecule has 0 aromatic heterocycles. The zero-order valence-electron chi connectivity index (χ0n) is 12.1. The number of hydrogen-bond donors (Lipinski definition) is 0. The van der Waals surface area contributed by atoms with Crippen LogP contribution in [0.15, 0.2) is 18.2 Å². The van der Waals surface area contributed by atoms with Crippen molar-refractivity contribution >= 4 is 5.97 Å². The van der Waals surface area contributed by atoms with Crippen molar-refractivity contribution in [2.24, 2.45) is 0 Å². The summed E-state index contributed by atoms with van der Waals surface area (Å²) in [4.78, 5) is 11.9. The molecule has 1 aromatic rings. The summed E-state index contributed by atoms with van der Waals surface area (Å²) in [6.45, 7) is 8.92. The SMILES string of the molecule is CCOC(=O)c1c(C)cccc1OCC(C)OCC. The molecule has 0 amide bonds. The van der Waals surface area contributed by atoms with Gasteiger partial charge in [0.15, 0.2) is 0 Å². The van der Waals surface area contributed by atoms with Crippen LogP contribution in [0.5, 0.6) is 5.75 Å². The Bertz CT molecular complexity index is 415. The van der Waals surface area contributed by atoms with Gasteiger partial charge in [0.1, 0.15) is 17.9 Å². The van der Waals surface area contributed by atoms with Gasteiger partial charge in [0.05, 0.1) is 12.7 Å². The van der Waals surface area contributed by atoms with Gasteiger partial charge >= 0.3 is 5.97 Å². The Balaban J connectivity index is 2.82. The number of benzene rings is 1. The van der Waals surface area contributed by atoms with Crippen molar-refractivity contribution in [2.75, 3.05) is 19.8 Å². The summed E-state index contributed by atoms with van der Waals surface area (Å²) < 4.78 is 16.1. The number of aryl methyl sites for hydroxylation is 1. The van der Waals surface area contributed by atoms with Gasteiger partial charge in [-0.3, -0.25) is 0 Å². The van der Waals surface area contributed by atoms with Crippen LogP contribution in [0.1, 0.15) is 36.7 Å². The van der Waals surface area contributed by atoms with Crippen molar-refractivity contribution in [1.29, 1.82) is 0 Å². The van der Waals surface area contributed by atoms with Gasteiger partial charge in [0, 0.05) is 6.61 Å². The fourth-order valence-electron chi connectivity index (χ4n) is 1.77. The van der Waals surface area contributed by atoms with E-state index in [4.69, 9.17) is 14.2 Å². The van der Waals surface area contributed by atoms with Crippen LogP contribution in [0, 0.1) is 6.92 Å². The van der Waals surface area contributed by atoms with E-state index < -0.39 is 0 Å². The normalized spacial score (nSPS) is 12.0. The van der Waals surface area contributed by atoms with Gasteiger partial charge in [-0.05, 0) is 39.3 Å². The van der Waals surface area contributed by atoms with Gasteiger partial charge in [-0.1, -0.05) is 12.1 Å². The highest BCUT2D eigenvalue weighted by Crippen LogP contribution is 2.23. The van der Waals surface area contributed by atoms with E-state index in [0.29, 0.717) is 31.1 Å². The fourth-order valence-corrected chi connectivity index (χ4v) is 1.77. The molecule has 0 radical (unpaired) electrons. The number of hydrogen-bond acceptors (Lipinski definition) is 4. The van der Waals surface area contributed by atoms with Crippen molar-refractivity contribution in [2.45, 2.75) is 33.8 Å². The predicted molar refractivity (Wildman–Crippen MR) is 73.7 cm³/mol. The van der Waals surface area contributed by atoms with Crippen LogP contribution in [-0.4, -0.2) is 31.9 Å². The molecule has 0 aliphatic carbocycles. The molecule has 0 bridgehead atoms. The fraction of sp³-hybridized carbons (Fsp3) is 0.533. The van der Waals surface area contributed by atoms with E-state index in [1.807, 2.05) is 32.9 Å². The average Bonchev–Trinajstić information content (AvgIpc) is 2.37. The first-order chi connectivity index (χ1) is 9.10. The first-order valence-corrected chi connectivity index (χ1v) is 6.61. The first-order valence-electron chi connectivity index (χ1n) is 6.61. The van der Waals surface area contributed by atoms with Gasteiger partial charge in [-0.25, -0.2) is 4.79 Å². The number of ether oxygens (including phenoxy) is 3. The highest BCUT2D eigenvalue weighted by molar-refractivity contribution is 5.94. The Hall–Kier alpha value is -1.55. The maximum Gasteiger partial charge on any atom is 0.342 e. The quantitative estimate of drug-likeness (QED) is 0.712. The Kier molecular flexibility index (Phi) is 6.36. The lowest BCUT2D eigenvalue weighted by atomic mass is 10.1. The third-order valence-electron chi connectivity index (χ3n) is 2.64. The molecule has 106 valence electrons. The van der Waals surface area contributed by atoms with E-state index in [1.54, 1.807) is 13.0 Å². The molecule has 19 heavy (non-hydrogen) atoms. The molecule has 0 N–H and O–H groups in total. The highest BCUT2D eigenvalue weighted by atomic mass is 16.5. The van der Waals surface area contributed by atoms with Crippen LogP contribution in [-0.2, 0) is 9.47 Å². The zero-order chi connectivity index (χ0) is 14.3. The Morgan fingerprint density at radius 2 is 2.00 bits per heavy atom. The molecular formula is C15H22O4. The summed E-state index contributed by atoms with van der Waals surface area (Å²) in [5.41, 5.74) is 1.34. The molecule has 0 fully saturated rings. The van der Waals surface area contributed by atoms with Crippen LogP contribution in [0.25, 0.3) is 0 Å². The van der Waals surface area contributed by atoms with Crippen molar-refractivity contribution in [3.63, 3.8) is 0 Å². The van der Waals surface area contributed by atoms with E-state index in [9.17, 15) is 4.79 Å². The van der Waals surface area contributed by atoms with E-state index in [1.165, 1.54) is 0 Å². The number of rotatable bonds is 7. The molecule has 1 rings (SSSR count). The van der Waals surface area contributed by atoms with E-state index in [-0.39, 0.29) is 12.1 Å². The molecule has 1 aromatic carbocycles. The summed E-state index contributed by atoms with van der Waals surface area (Å²) in [7, 11) is 0. The second-order valence-electron chi connectivity index (χ2n) is 4.25. The number of carbonyl (C=O) groups is 1. The topological polar surface area (TPSA) is 44.8 Å². The summed E-state index contributed by atoms with van der Waals surface area (Å²) >= 11 is 0. The van der Waals surface area contributed by atoms with Crippen molar-refractivity contribution < 1.29 is 19.0 Å². The summed E-state index contributed by atoms with van der Waals surface area (Å²) in [5, 5.41) is 0. The van der Waals surface area contributed by atoms with Crippen LogP contribution < -0.4 is 4.74 Å². The lowest BCUT2D eigenvalue weighted by Gasteiger charge is -2.16. The zero-order valence-corrected chi connectivity index (χ0v) is 12.1. The molecule has 0 heterocycles. The Morgan fingerprint density at radius 3 is 2.63 bits per heavy atom. The summed E-state index contributed by atoms with van der Waals surface area (Å²) in [6, 6.07) is 5.50.